The molecule has 0 spiro atoms. The Bertz CT molecular complexity index is 1250. The minimum absolute atomic E-state index is 0.0724. The Labute approximate surface area is 355 Å². The first-order valence-corrected chi connectivity index (χ1v) is 25.4. The molecule has 8 rings (SSSR count). The van der Waals surface area contributed by atoms with Gasteiger partial charge in [-0.05, 0) is 234 Å². The van der Waals surface area contributed by atoms with E-state index in [9.17, 15) is 30.6 Å². The molecule has 8 aliphatic carbocycles. The molecule has 0 aliphatic heterocycles. The third-order valence-electron chi connectivity index (χ3n) is 21.1. The third-order valence-corrected chi connectivity index (χ3v) is 21.1. The molecule has 0 aromatic rings. The van der Waals surface area contributed by atoms with E-state index in [0.29, 0.717) is 46.3 Å². The Morgan fingerprint density at radius 2 is 0.759 bits per heavy atom. The van der Waals surface area contributed by atoms with Crippen molar-refractivity contribution in [1.82, 2.24) is 0 Å². The Kier molecular flexibility index (Phi) is 14.0. The van der Waals surface area contributed by atoms with Gasteiger partial charge in [-0.25, -0.2) is 0 Å². The maximum absolute atomic E-state index is 11.1. The van der Waals surface area contributed by atoms with E-state index < -0.39 is 24.4 Å². The predicted molar refractivity (Wildman–Crippen MR) is 235 cm³/mol. The molecular formula is C52H92O6. The number of aliphatic hydroxyl groups is 6. The monoisotopic (exact) mass is 813 g/mol. The largest absolute Gasteiger partial charge is 0.393 e. The van der Waals surface area contributed by atoms with Crippen molar-refractivity contribution in [1.29, 1.82) is 0 Å². The van der Waals surface area contributed by atoms with Crippen LogP contribution in [-0.2, 0) is 0 Å². The van der Waals surface area contributed by atoms with Crippen LogP contribution in [0.4, 0.5) is 0 Å². The standard InChI is InChI=1S/2C26H46O3/c2*1-16(2)5-10-23(28)24(29)22-9-8-20-19-7-6-17-15-18(27)11-13-25(17,3)21(19)12-14-26(20,22)4/h2*16-24,27-29H,5-15H2,1-4H3/t17-,18-,19-,20-,21-,22+,23+,24-,25-,26-;17-,18-,19-,20-,21-,22+,23-,24-,25-,26-/m00/s1. The van der Waals surface area contributed by atoms with Crippen molar-refractivity contribution < 1.29 is 30.6 Å². The predicted octanol–water partition coefficient (Wildman–Crippen LogP) is 10.3. The lowest BCUT2D eigenvalue weighted by Crippen LogP contribution is -2.55. The molecule has 8 saturated carbocycles. The highest BCUT2D eigenvalue weighted by molar-refractivity contribution is 5.12. The van der Waals surface area contributed by atoms with E-state index in [2.05, 4.69) is 55.4 Å². The molecule has 336 valence electrons. The fourth-order valence-corrected chi connectivity index (χ4v) is 17.6. The van der Waals surface area contributed by atoms with Crippen molar-refractivity contribution in [3.8, 4) is 0 Å². The molecule has 6 heteroatoms. The minimum Gasteiger partial charge on any atom is -0.393 e. The zero-order valence-corrected chi connectivity index (χ0v) is 38.6. The average molecular weight is 813 g/mol. The molecule has 0 unspecified atom stereocenters. The zero-order valence-electron chi connectivity index (χ0n) is 38.6. The lowest BCUT2D eigenvalue weighted by atomic mass is 9.44. The van der Waals surface area contributed by atoms with Crippen molar-refractivity contribution in [3.05, 3.63) is 0 Å². The number of hydrogen-bond acceptors (Lipinski definition) is 6. The molecule has 6 N–H and O–H groups in total. The van der Waals surface area contributed by atoms with E-state index >= 15 is 0 Å². The number of rotatable bonds is 10. The van der Waals surface area contributed by atoms with E-state index in [-0.39, 0.29) is 34.9 Å². The lowest BCUT2D eigenvalue weighted by Gasteiger charge is -2.61. The van der Waals surface area contributed by atoms with E-state index in [4.69, 9.17) is 0 Å². The molecule has 0 heterocycles. The topological polar surface area (TPSA) is 121 Å². The highest BCUT2D eigenvalue weighted by Gasteiger charge is 2.63. The Hall–Kier alpha value is -0.240. The highest BCUT2D eigenvalue weighted by atomic mass is 16.3. The number of fused-ring (bicyclic) bond motifs is 10. The van der Waals surface area contributed by atoms with Gasteiger partial charge in [0.1, 0.15) is 0 Å². The molecule has 58 heavy (non-hydrogen) atoms. The lowest BCUT2D eigenvalue weighted by molar-refractivity contribution is -0.140. The highest BCUT2D eigenvalue weighted by Crippen LogP contribution is 2.69. The van der Waals surface area contributed by atoms with Crippen LogP contribution in [-0.4, -0.2) is 67.3 Å². The molecule has 8 fully saturated rings. The summed E-state index contributed by atoms with van der Waals surface area (Å²) in [4.78, 5) is 0. The number of aliphatic hydroxyl groups excluding tert-OH is 6. The first-order chi connectivity index (χ1) is 27.3. The van der Waals surface area contributed by atoms with E-state index in [1.807, 2.05) is 0 Å². The molecule has 8 aliphatic rings. The second-order valence-corrected chi connectivity index (χ2v) is 24.7. The van der Waals surface area contributed by atoms with Crippen LogP contribution >= 0.6 is 0 Å². The summed E-state index contributed by atoms with van der Waals surface area (Å²) in [5.41, 5.74) is 1.21. The van der Waals surface area contributed by atoms with Crippen molar-refractivity contribution >= 4 is 0 Å². The van der Waals surface area contributed by atoms with Gasteiger partial charge in [0.05, 0.1) is 36.6 Å². The van der Waals surface area contributed by atoms with Gasteiger partial charge in [0.15, 0.2) is 0 Å². The van der Waals surface area contributed by atoms with Gasteiger partial charge in [-0.15, -0.1) is 0 Å². The van der Waals surface area contributed by atoms with Gasteiger partial charge in [-0.3, -0.25) is 0 Å². The third kappa shape index (κ3) is 8.32. The summed E-state index contributed by atoms with van der Waals surface area (Å²) in [6.45, 7) is 18.7. The van der Waals surface area contributed by atoms with Crippen molar-refractivity contribution in [2.45, 2.75) is 233 Å². The van der Waals surface area contributed by atoms with Gasteiger partial charge in [0, 0.05) is 0 Å². The quantitative estimate of drug-likeness (QED) is 0.131. The van der Waals surface area contributed by atoms with Crippen LogP contribution in [0.15, 0.2) is 0 Å². The van der Waals surface area contributed by atoms with Crippen LogP contribution in [0.5, 0.6) is 0 Å². The van der Waals surface area contributed by atoms with E-state index in [1.165, 1.54) is 77.0 Å². The van der Waals surface area contributed by atoms with Crippen molar-refractivity contribution in [3.63, 3.8) is 0 Å². The Balaban J connectivity index is 0.000000177. The smallest absolute Gasteiger partial charge is 0.0832 e. The number of hydrogen-bond donors (Lipinski definition) is 6. The molecule has 0 bridgehead atoms. The molecule has 20 atom stereocenters. The summed E-state index contributed by atoms with van der Waals surface area (Å²) in [5.74, 6) is 7.67. The zero-order chi connectivity index (χ0) is 41.9. The summed E-state index contributed by atoms with van der Waals surface area (Å²) < 4.78 is 0. The Morgan fingerprint density at radius 1 is 0.414 bits per heavy atom. The molecule has 0 amide bonds. The maximum atomic E-state index is 11.1. The second-order valence-electron chi connectivity index (χ2n) is 24.7. The molecule has 0 aromatic heterocycles. The molecule has 0 radical (unpaired) electrons. The van der Waals surface area contributed by atoms with Crippen molar-refractivity contribution in [2.24, 2.45) is 92.7 Å². The summed E-state index contributed by atoms with van der Waals surface area (Å²) in [5, 5.41) is 64.1. The van der Waals surface area contributed by atoms with Gasteiger partial charge >= 0.3 is 0 Å². The summed E-state index contributed by atoms with van der Waals surface area (Å²) >= 11 is 0. The van der Waals surface area contributed by atoms with Crippen LogP contribution in [0, 0.1) is 92.7 Å². The first-order valence-electron chi connectivity index (χ1n) is 25.4. The fourth-order valence-electron chi connectivity index (χ4n) is 17.6. The molecular weight excluding hydrogens is 721 g/mol. The van der Waals surface area contributed by atoms with Crippen molar-refractivity contribution in [2.75, 3.05) is 0 Å². The van der Waals surface area contributed by atoms with Gasteiger partial charge in [-0.1, -0.05) is 55.4 Å². The van der Waals surface area contributed by atoms with E-state index in [1.54, 1.807) is 0 Å². The Morgan fingerprint density at radius 3 is 1.12 bits per heavy atom. The summed E-state index contributed by atoms with van der Waals surface area (Å²) in [7, 11) is 0. The van der Waals surface area contributed by atoms with Gasteiger partial charge in [-0.2, -0.15) is 0 Å². The molecule has 0 aromatic carbocycles. The van der Waals surface area contributed by atoms with Crippen LogP contribution in [0.25, 0.3) is 0 Å². The van der Waals surface area contributed by atoms with Crippen LogP contribution < -0.4 is 0 Å². The van der Waals surface area contributed by atoms with Crippen LogP contribution in [0.3, 0.4) is 0 Å². The normalized spacial score (nSPS) is 49.2. The van der Waals surface area contributed by atoms with E-state index in [0.717, 1.165) is 87.9 Å². The average Bonchev–Trinajstić information content (AvgIpc) is 3.72. The summed E-state index contributed by atoms with van der Waals surface area (Å²) in [6, 6.07) is 0. The van der Waals surface area contributed by atoms with Gasteiger partial charge in [0.25, 0.3) is 0 Å². The van der Waals surface area contributed by atoms with Crippen LogP contribution in [0.1, 0.15) is 197 Å². The van der Waals surface area contributed by atoms with Gasteiger partial charge < -0.3 is 30.6 Å². The maximum Gasteiger partial charge on any atom is 0.0832 e. The summed E-state index contributed by atoms with van der Waals surface area (Å²) in [6.07, 6.45) is 22.3. The molecule has 6 nitrogen and oxygen atoms in total. The minimum atomic E-state index is -0.566. The first kappa shape index (κ1) is 45.8. The van der Waals surface area contributed by atoms with Gasteiger partial charge in [0.2, 0.25) is 0 Å². The fraction of sp³-hybridized carbons (Fsp3) is 1.00. The SMILES string of the molecule is CC(C)CC[C@@H](O)[C@@H](O)[C@H]1CC[C@H]2[C@@H]3CC[C@H]4C[C@@H](O)CC[C@]4(C)[C@H]3CC[C@]12C.CC(C)CC[C@H](O)[C@@H](O)[C@H]1CC[C@H]2[C@@H]3CC[C@H]4C[C@@H](O)CC[C@]4(C)[C@H]3CC[C@]12C. The van der Waals surface area contributed by atoms with Crippen LogP contribution in [0.2, 0.25) is 0 Å². The second kappa shape index (κ2) is 17.7. The molecule has 0 saturated heterocycles.